The van der Waals surface area contributed by atoms with Gasteiger partial charge in [0.15, 0.2) is 5.58 Å². The fraction of sp³-hybridized carbons (Fsp3) is 0.231. The van der Waals surface area contributed by atoms with Crippen LogP contribution in [0, 0.1) is 0 Å². The molecule has 1 atom stereocenters. The summed E-state index contributed by atoms with van der Waals surface area (Å²) in [6, 6.07) is 5.65. The number of aromatic amines is 1. The van der Waals surface area contributed by atoms with Gasteiger partial charge in [0.1, 0.15) is 5.82 Å². The maximum absolute atomic E-state index is 11.5. The monoisotopic (exact) mass is 258 g/mol. The van der Waals surface area contributed by atoms with E-state index >= 15 is 0 Å². The van der Waals surface area contributed by atoms with Crippen LogP contribution >= 0.6 is 0 Å². The van der Waals surface area contributed by atoms with Crippen molar-refractivity contribution in [3.63, 3.8) is 0 Å². The lowest BCUT2D eigenvalue weighted by molar-refractivity contribution is 0.527. The zero-order chi connectivity index (χ0) is 13.4. The molecule has 0 saturated carbocycles. The van der Waals surface area contributed by atoms with E-state index in [0.717, 1.165) is 16.9 Å². The molecule has 0 bridgehead atoms. The van der Waals surface area contributed by atoms with E-state index in [9.17, 15) is 4.79 Å². The van der Waals surface area contributed by atoms with Crippen molar-refractivity contribution < 1.29 is 4.42 Å². The summed E-state index contributed by atoms with van der Waals surface area (Å²) in [5.74, 6) is 0.402. The molecule has 1 aromatic carbocycles. The number of aryl methyl sites for hydroxylation is 1. The standard InChI is InChI=1S/C13H14N4O2/c1-17-10-3-2-8(6-11(10)19-13(17)18)9(7-14)12-15-4-5-16-12/h2-6,9H,7,14H2,1H3,(H,15,16). The highest BCUT2D eigenvalue weighted by molar-refractivity contribution is 5.74. The fourth-order valence-electron chi connectivity index (χ4n) is 2.24. The number of nitrogens with two attached hydrogens (primary N) is 1. The van der Waals surface area contributed by atoms with Crippen LogP contribution in [0.5, 0.6) is 0 Å². The summed E-state index contributed by atoms with van der Waals surface area (Å²) in [6.45, 7) is 0.427. The summed E-state index contributed by atoms with van der Waals surface area (Å²) in [4.78, 5) is 18.8. The number of nitrogens with one attached hydrogen (secondary N) is 1. The summed E-state index contributed by atoms with van der Waals surface area (Å²) in [6.07, 6.45) is 3.46. The quantitative estimate of drug-likeness (QED) is 0.731. The number of hydrogen-bond acceptors (Lipinski definition) is 4. The number of fused-ring (bicyclic) bond motifs is 1. The topological polar surface area (TPSA) is 89.8 Å². The summed E-state index contributed by atoms with van der Waals surface area (Å²) in [5, 5.41) is 0. The molecule has 19 heavy (non-hydrogen) atoms. The van der Waals surface area contributed by atoms with E-state index in [1.807, 2.05) is 18.2 Å². The van der Waals surface area contributed by atoms with Crippen LogP contribution in [0.25, 0.3) is 11.1 Å². The van der Waals surface area contributed by atoms with Gasteiger partial charge in [-0.2, -0.15) is 0 Å². The normalized spacial score (nSPS) is 12.9. The second-order valence-electron chi connectivity index (χ2n) is 4.42. The summed E-state index contributed by atoms with van der Waals surface area (Å²) >= 11 is 0. The van der Waals surface area contributed by atoms with Gasteiger partial charge in [-0.1, -0.05) is 6.07 Å². The molecule has 3 rings (SSSR count). The van der Waals surface area contributed by atoms with Gasteiger partial charge in [-0.15, -0.1) is 0 Å². The Kier molecular flexibility index (Phi) is 2.72. The number of benzene rings is 1. The third-order valence-corrected chi connectivity index (χ3v) is 3.30. The molecule has 0 fully saturated rings. The van der Waals surface area contributed by atoms with Crippen LogP contribution in [0.3, 0.4) is 0 Å². The van der Waals surface area contributed by atoms with Gasteiger partial charge in [-0.25, -0.2) is 9.78 Å². The van der Waals surface area contributed by atoms with E-state index in [1.165, 1.54) is 4.57 Å². The van der Waals surface area contributed by atoms with Crippen molar-refractivity contribution in [1.82, 2.24) is 14.5 Å². The molecule has 1 unspecified atom stereocenters. The van der Waals surface area contributed by atoms with Crippen LogP contribution in [0.2, 0.25) is 0 Å². The first-order valence-electron chi connectivity index (χ1n) is 5.99. The first-order valence-corrected chi connectivity index (χ1v) is 5.99. The molecule has 3 N–H and O–H groups in total. The van der Waals surface area contributed by atoms with Crippen LogP contribution < -0.4 is 11.5 Å². The fourth-order valence-corrected chi connectivity index (χ4v) is 2.24. The van der Waals surface area contributed by atoms with Crippen molar-refractivity contribution in [2.24, 2.45) is 12.8 Å². The first kappa shape index (κ1) is 11.7. The smallest absolute Gasteiger partial charge is 0.408 e. The maximum atomic E-state index is 11.5. The van der Waals surface area contributed by atoms with Crippen LogP contribution in [0.1, 0.15) is 17.3 Å². The molecule has 0 saturated heterocycles. The minimum atomic E-state index is -0.366. The van der Waals surface area contributed by atoms with Crippen LogP contribution in [0.15, 0.2) is 39.8 Å². The van der Waals surface area contributed by atoms with E-state index in [2.05, 4.69) is 9.97 Å². The molecule has 0 amide bonds. The molecule has 0 aliphatic heterocycles. The van der Waals surface area contributed by atoms with E-state index in [-0.39, 0.29) is 11.7 Å². The Morgan fingerprint density at radius 1 is 1.53 bits per heavy atom. The number of imidazole rings is 1. The minimum absolute atomic E-state index is 0.0371. The largest absolute Gasteiger partial charge is 0.419 e. The van der Waals surface area contributed by atoms with Gasteiger partial charge < -0.3 is 15.1 Å². The zero-order valence-corrected chi connectivity index (χ0v) is 10.5. The number of hydrogen-bond donors (Lipinski definition) is 2. The van der Waals surface area contributed by atoms with Crippen LogP contribution in [-0.2, 0) is 7.05 Å². The van der Waals surface area contributed by atoms with Crippen molar-refractivity contribution in [3.8, 4) is 0 Å². The Bertz CT molecular complexity index is 755. The molecule has 0 spiro atoms. The zero-order valence-electron chi connectivity index (χ0n) is 10.5. The molecule has 6 nitrogen and oxygen atoms in total. The Labute approximate surface area is 108 Å². The van der Waals surface area contributed by atoms with Gasteiger partial charge >= 0.3 is 5.76 Å². The molecular formula is C13H14N4O2. The Morgan fingerprint density at radius 3 is 3.05 bits per heavy atom. The van der Waals surface area contributed by atoms with Crippen LogP contribution in [0.4, 0.5) is 0 Å². The van der Waals surface area contributed by atoms with Crippen molar-refractivity contribution in [1.29, 1.82) is 0 Å². The van der Waals surface area contributed by atoms with E-state index in [1.54, 1.807) is 19.4 Å². The summed E-state index contributed by atoms with van der Waals surface area (Å²) in [5.41, 5.74) is 8.12. The summed E-state index contributed by atoms with van der Waals surface area (Å²) in [7, 11) is 1.68. The predicted octanol–water partition coefficient (Wildman–Crippen LogP) is 0.945. The van der Waals surface area contributed by atoms with Gasteiger partial charge in [0.25, 0.3) is 0 Å². The number of nitrogens with zero attached hydrogens (tertiary/aromatic N) is 2. The molecule has 0 aliphatic rings. The van der Waals surface area contributed by atoms with Gasteiger partial charge in [-0.3, -0.25) is 4.57 Å². The lowest BCUT2D eigenvalue weighted by Gasteiger charge is -2.12. The lowest BCUT2D eigenvalue weighted by atomic mass is 9.98. The number of H-pyrrole nitrogens is 1. The molecule has 98 valence electrons. The second kappa shape index (κ2) is 4.40. The molecule has 2 heterocycles. The molecular weight excluding hydrogens is 244 g/mol. The molecule has 3 aromatic rings. The highest BCUT2D eigenvalue weighted by Gasteiger charge is 2.16. The Morgan fingerprint density at radius 2 is 2.37 bits per heavy atom. The summed E-state index contributed by atoms with van der Waals surface area (Å²) < 4.78 is 6.66. The van der Waals surface area contributed by atoms with Crippen molar-refractivity contribution >= 4 is 11.1 Å². The average Bonchev–Trinajstić information content (AvgIpc) is 3.01. The Balaban J connectivity index is 2.12. The van der Waals surface area contributed by atoms with E-state index in [0.29, 0.717) is 12.1 Å². The average molecular weight is 258 g/mol. The van der Waals surface area contributed by atoms with Crippen molar-refractivity contribution in [3.05, 3.63) is 52.5 Å². The van der Waals surface area contributed by atoms with E-state index in [4.69, 9.17) is 10.2 Å². The van der Waals surface area contributed by atoms with Crippen molar-refractivity contribution in [2.75, 3.05) is 6.54 Å². The van der Waals surface area contributed by atoms with Gasteiger partial charge in [0.05, 0.1) is 11.4 Å². The molecule has 6 heteroatoms. The highest BCUT2D eigenvalue weighted by Crippen LogP contribution is 2.24. The SMILES string of the molecule is Cn1c(=O)oc2cc(C(CN)c3ncc[nH]3)ccc21. The number of rotatable bonds is 3. The predicted molar refractivity (Wildman–Crippen MR) is 70.9 cm³/mol. The molecule has 0 radical (unpaired) electrons. The number of oxazole rings is 1. The van der Waals surface area contributed by atoms with Gasteiger partial charge in [0, 0.05) is 26.0 Å². The number of aromatic nitrogens is 3. The van der Waals surface area contributed by atoms with Gasteiger partial charge in [-0.05, 0) is 17.7 Å². The van der Waals surface area contributed by atoms with Gasteiger partial charge in [0.2, 0.25) is 0 Å². The molecule has 2 aromatic heterocycles. The minimum Gasteiger partial charge on any atom is -0.408 e. The Hall–Kier alpha value is -2.34. The third-order valence-electron chi connectivity index (χ3n) is 3.30. The first-order chi connectivity index (χ1) is 9.20. The lowest BCUT2D eigenvalue weighted by Crippen LogP contribution is -2.15. The highest BCUT2D eigenvalue weighted by atomic mass is 16.4. The van der Waals surface area contributed by atoms with E-state index < -0.39 is 0 Å². The van der Waals surface area contributed by atoms with Crippen molar-refractivity contribution in [2.45, 2.75) is 5.92 Å². The molecule has 0 aliphatic carbocycles. The third kappa shape index (κ3) is 1.86. The second-order valence-corrected chi connectivity index (χ2v) is 4.42. The van der Waals surface area contributed by atoms with Crippen LogP contribution in [-0.4, -0.2) is 21.1 Å². The maximum Gasteiger partial charge on any atom is 0.419 e.